The number of nitro benzene ring substituents is 1. The molecule has 0 bridgehead atoms. The van der Waals surface area contributed by atoms with E-state index in [1.807, 2.05) is 11.8 Å². The normalized spacial score (nSPS) is 18.5. The third-order valence-electron chi connectivity index (χ3n) is 3.27. The lowest BCUT2D eigenvalue weighted by Gasteiger charge is -2.21. The van der Waals surface area contributed by atoms with Gasteiger partial charge in [-0.3, -0.25) is 14.9 Å². The van der Waals surface area contributed by atoms with E-state index >= 15 is 0 Å². The van der Waals surface area contributed by atoms with Gasteiger partial charge in [-0.05, 0) is 30.7 Å². The van der Waals surface area contributed by atoms with Crippen molar-refractivity contribution in [2.45, 2.75) is 24.5 Å². The predicted octanol–water partition coefficient (Wildman–Crippen LogP) is 2.39. The minimum atomic E-state index is -0.588. The molecule has 1 aliphatic heterocycles. The molecular formula is C13H17N3O3S. The Kier molecular flexibility index (Phi) is 4.84. The number of rotatable bonds is 5. The lowest BCUT2D eigenvalue weighted by Crippen LogP contribution is -2.21. The first-order valence-corrected chi connectivity index (χ1v) is 7.56. The quantitative estimate of drug-likeness (QED) is 0.642. The molecule has 7 heteroatoms. The summed E-state index contributed by atoms with van der Waals surface area (Å²) in [7, 11) is 0. The number of carbonyl (C=O) groups is 1. The van der Waals surface area contributed by atoms with Crippen molar-refractivity contribution >= 4 is 29.0 Å². The number of amides is 1. The lowest BCUT2D eigenvalue weighted by molar-refractivity contribution is -0.384. The van der Waals surface area contributed by atoms with Crippen LogP contribution in [0, 0.1) is 10.1 Å². The molecule has 0 saturated carbocycles. The molecule has 108 valence electrons. The number of benzene rings is 1. The monoisotopic (exact) mass is 295 g/mol. The van der Waals surface area contributed by atoms with Crippen molar-refractivity contribution < 1.29 is 9.72 Å². The van der Waals surface area contributed by atoms with Crippen LogP contribution in [0.25, 0.3) is 0 Å². The number of anilines is 1. The molecule has 0 aliphatic carbocycles. The maximum Gasteiger partial charge on any atom is 0.292 e. The molecule has 1 fully saturated rings. The zero-order valence-electron chi connectivity index (χ0n) is 11.0. The van der Waals surface area contributed by atoms with Crippen molar-refractivity contribution in [1.29, 1.82) is 0 Å². The van der Waals surface area contributed by atoms with Crippen molar-refractivity contribution in [3.63, 3.8) is 0 Å². The number of carbonyl (C=O) groups excluding carboxylic acids is 1. The molecule has 20 heavy (non-hydrogen) atoms. The maximum absolute atomic E-state index is 11.2. The molecule has 1 saturated heterocycles. The third kappa shape index (κ3) is 3.63. The van der Waals surface area contributed by atoms with E-state index in [0.717, 1.165) is 12.2 Å². The second-order valence-electron chi connectivity index (χ2n) is 4.72. The number of thioether (sulfide) groups is 1. The molecule has 1 aromatic carbocycles. The molecule has 0 aromatic heterocycles. The molecule has 3 N–H and O–H groups in total. The number of primary amides is 1. The summed E-state index contributed by atoms with van der Waals surface area (Å²) >= 11 is 1.88. The highest BCUT2D eigenvalue weighted by molar-refractivity contribution is 7.99. The number of hydrogen-bond donors (Lipinski definition) is 2. The van der Waals surface area contributed by atoms with E-state index in [1.54, 1.807) is 0 Å². The van der Waals surface area contributed by atoms with Gasteiger partial charge < -0.3 is 11.1 Å². The molecule has 0 radical (unpaired) electrons. The van der Waals surface area contributed by atoms with Gasteiger partial charge >= 0.3 is 0 Å². The van der Waals surface area contributed by atoms with Crippen LogP contribution in [-0.4, -0.2) is 28.4 Å². The summed E-state index contributed by atoms with van der Waals surface area (Å²) in [6.07, 6.45) is 3.54. The van der Waals surface area contributed by atoms with E-state index in [-0.39, 0.29) is 11.3 Å². The minimum Gasteiger partial charge on any atom is -0.378 e. The molecule has 1 heterocycles. The summed E-state index contributed by atoms with van der Waals surface area (Å²) < 4.78 is 0. The molecule has 1 amide bonds. The summed E-state index contributed by atoms with van der Waals surface area (Å²) in [5, 5.41) is 14.5. The molecular weight excluding hydrogens is 278 g/mol. The zero-order chi connectivity index (χ0) is 14.5. The topological polar surface area (TPSA) is 98.3 Å². The zero-order valence-corrected chi connectivity index (χ0v) is 11.8. The molecule has 1 aromatic rings. The van der Waals surface area contributed by atoms with Crippen molar-refractivity contribution in [3.8, 4) is 0 Å². The average molecular weight is 295 g/mol. The Bertz CT molecular complexity index is 516. The van der Waals surface area contributed by atoms with Crippen LogP contribution in [0.5, 0.6) is 0 Å². The standard InChI is InChI=1S/C13H17N3O3S/c14-13(17)9-4-5-12(16(18)19)11(7-9)15-8-10-3-1-2-6-20-10/h4-5,7,10,15H,1-3,6,8H2,(H2,14,17). The fourth-order valence-electron chi connectivity index (χ4n) is 2.18. The van der Waals surface area contributed by atoms with Crippen molar-refractivity contribution in [3.05, 3.63) is 33.9 Å². The predicted molar refractivity (Wildman–Crippen MR) is 80.2 cm³/mol. The summed E-state index contributed by atoms with van der Waals surface area (Å²) in [5.74, 6) is 0.547. The van der Waals surface area contributed by atoms with Gasteiger partial charge in [0.2, 0.25) is 5.91 Å². The first kappa shape index (κ1) is 14.6. The molecule has 1 aliphatic rings. The summed E-state index contributed by atoms with van der Waals surface area (Å²) in [5.41, 5.74) is 5.81. The number of nitrogens with zero attached hydrogens (tertiary/aromatic N) is 1. The largest absolute Gasteiger partial charge is 0.378 e. The highest BCUT2D eigenvalue weighted by Crippen LogP contribution is 2.28. The second-order valence-corrected chi connectivity index (χ2v) is 6.13. The van der Waals surface area contributed by atoms with Crippen LogP contribution < -0.4 is 11.1 Å². The highest BCUT2D eigenvalue weighted by atomic mass is 32.2. The second kappa shape index (κ2) is 6.60. The van der Waals surface area contributed by atoms with Gasteiger partial charge in [-0.2, -0.15) is 11.8 Å². The van der Waals surface area contributed by atoms with Gasteiger partial charge in [-0.25, -0.2) is 0 Å². The first-order valence-electron chi connectivity index (χ1n) is 6.51. The van der Waals surface area contributed by atoms with Gasteiger partial charge in [0.05, 0.1) is 4.92 Å². The van der Waals surface area contributed by atoms with Crippen LogP contribution in [0.1, 0.15) is 29.6 Å². The van der Waals surface area contributed by atoms with Crippen LogP contribution >= 0.6 is 11.8 Å². The van der Waals surface area contributed by atoms with Gasteiger partial charge in [0, 0.05) is 23.4 Å². The summed E-state index contributed by atoms with van der Waals surface area (Å²) in [6, 6.07) is 4.14. The molecule has 0 spiro atoms. The Balaban J connectivity index is 2.12. The van der Waals surface area contributed by atoms with Crippen molar-refractivity contribution in [1.82, 2.24) is 0 Å². The maximum atomic E-state index is 11.2. The Morgan fingerprint density at radius 3 is 2.90 bits per heavy atom. The fourth-order valence-corrected chi connectivity index (χ4v) is 3.42. The van der Waals surface area contributed by atoms with E-state index in [1.165, 1.54) is 31.0 Å². The van der Waals surface area contributed by atoms with Gasteiger partial charge in [0.15, 0.2) is 0 Å². The smallest absolute Gasteiger partial charge is 0.292 e. The molecule has 1 unspecified atom stereocenters. The van der Waals surface area contributed by atoms with Crippen molar-refractivity contribution in [2.24, 2.45) is 5.73 Å². The SMILES string of the molecule is NC(=O)c1ccc([N+](=O)[O-])c(NCC2CCCCS2)c1. The Labute approximate surface area is 121 Å². The first-order chi connectivity index (χ1) is 9.58. The highest BCUT2D eigenvalue weighted by Gasteiger charge is 2.18. The molecule has 6 nitrogen and oxygen atoms in total. The van der Waals surface area contributed by atoms with E-state index < -0.39 is 10.8 Å². The van der Waals surface area contributed by atoms with Crippen LogP contribution in [0.15, 0.2) is 18.2 Å². The number of nitrogens with two attached hydrogens (primary N) is 1. The number of hydrogen-bond acceptors (Lipinski definition) is 5. The van der Waals surface area contributed by atoms with Crippen LogP contribution in [0.2, 0.25) is 0 Å². The molecule has 2 rings (SSSR count). The summed E-state index contributed by atoms with van der Waals surface area (Å²) in [4.78, 5) is 21.7. The Hall–Kier alpha value is -1.76. The van der Waals surface area contributed by atoms with Crippen LogP contribution in [0.4, 0.5) is 11.4 Å². The third-order valence-corrected chi connectivity index (χ3v) is 4.67. The summed E-state index contributed by atoms with van der Waals surface area (Å²) in [6.45, 7) is 0.660. The van der Waals surface area contributed by atoms with E-state index in [9.17, 15) is 14.9 Å². The Morgan fingerprint density at radius 1 is 1.50 bits per heavy atom. The van der Waals surface area contributed by atoms with E-state index in [2.05, 4.69) is 5.32 Å². The Morgan fingerprint density at radius 2 is 2.30 bits per heavy atom. The average Bonchev–Trinajstić information content (AvgIpc) is 2.45. The van der Waals surface area contributed by atoms with Gasteiger partial charge in [-0.15, -0.1) is 0 Å². The van der Waals surface area contributed by atoms with Crippen LogP contribution in [0.3, 0.4) is 0 Å². The van der Waals surface area contributed by atoms with Gasteiger partial charge in [0.25, 0.3) is 5.69 Å². The number of nitro groups is 1. The number of nitrogens with one attached hydrogen (secondary N) is 1. The molecule has 1 atom stereocenters. The van der Waals surface area contributed by atoms with Gasteiger partial charge in [0.1, 0.15) is 5.69 Å². The lowest BCUT2D eigenvalue weighted by atomic mass is 10.1. The van der Waals surface area contributed by atoms with Crippen molar-refractivity contribution in [2.75, 3.05) is 17.6 Å². The minimum absolute atomic E-state index is 0.0317. The van der Waals surface area contributed by atoms with Gasteiger partial charge in [-0.1, -0.05) is 6.42 Å². The van der Waals surface area contributed by atoms with E-state index in [0.29, 0.717) is 17.5 Å². The fraction of sp³-hybridized carbons (Fsp3) is 0.462. The van der Waals surface area contributed by atoms with Crippen LogP contribution in [-0.2, 0) is 0 Å². The van der Waals surface area contributed by atoms with E-state index in [4.69, 9.17) is 5.73 Å².